The molecule has 0 saturated carbocycles. The molecule has 6 aromatic rings. The molecule has 1 saturated heterocycles. The number of amides is 1. The van der Waals surface area contributed by atoms with Gasteiger partial charge in [-0.2, -0.15) is 8.42 Å². The molecule has 1 aliphatic heterocycles. The molecular formula is C42H41N5O9S. The summed E-state index contributed by atoms with van der Waals surface area (Å²) >= 11 is 0. The first kappa shape index (κ1) is 39.4. The van der Waals surface area contributed by atoms with E-state index < -0.39 is 46.0 Å². The summed E-state index contributed by atoms with van der Waals surface area (Å²) in [4.78, 5) is 39.3. The van der Waals surface area contributed by atoms with Gasteiger partial charge in [0.05, 0.1) is 37.7 Å². The second-order valence-corrected chi connectivity index (χ2v) is 15.2. The minimum Gasteiger partial charge on any atom is -0.455 e. The Balaban J connectivity index is 1.26. The van der Waals surface area contributed by atoms with E-state index >= 15 is 0 Å². The molecule has 3 heterocycles. The lowest BCUT2D eigenvalue weighted by molar-refractivity contribution is -0.164. The standard InChI is InChI=1S/C42H41N5O9S/c1-29-18-20-34(21-19-29)57(50,51)54-23-22-42(26-52-24-31-12-6-3-7-13-31)37(53-25-32-14-8-4-9-15-32)36(55-30(2)48)41(56-42)47-28-45-35-38(43-27-44-39(35)47)46-40(49)33-16-10-5-11-17-33/h3-21,27-28,36-37,41H,22-26H2,1-2H3,(H,43,44,46,49)/t36-,37+,41-,42-/m1/s1. The predicted octanol–water partition coefficient (Wildman–Crippen LogP) is 6.18. The van der Waals surface area contributed by atoms with E-state index in [1.165, 1.54) is 31.7 Å². The molecule has 1 fully saturated rings. The van der Waals surface area contributed by atoms with Crippen molar-refractivity contribution in [3.8, 4) is 0 Å². The Morgan fingerprint density at radius 1 is 0.842 bits per heavy atom. The molecule has 0 spiro atoms. The summed E-state index contributed by atoms with van der Waals surface area (Å²) in [6.45, 7) is 2.96. The number of fused-ring (bicyclic) bond motifs is 1. The minimum atomic E-state index is -4.17. The van der Waals surface area contributed by atoms with E-state index in [9.17, 15) is 18.0 Å². The highest BCUT2D eigenvalue weighted by Crippen LogP contribution is 2.45. The lowest BCUT2D eigenvalue weighted by Gasteiger charge is -2.34. The number of benzene rings is 4. The molecule has 294 valence electrons. The Bertz CT molecular complexity index is 2400. The number of nitrogens with one attached hydrogen (secondary N) is 1. The minimum absolute atomic E-state index is 0.00194. The van der Waals surface area contributed by atoms with Crippen molar-refractivity contribution in [3.63, 3.8) is 0 Å². The predicted molar refractivity (Wildman–Crippen MR) is 208 cm³/mol. The molecule has 2 aromatic heterocycles. The van der Waals surface area contributed by atoms with Crippen LogP contribution in [-0.4, -0.2) is 70.8 Å². The number of anilines is 1. The van der Waals surface area contributed by atoms with Gasteiger partial charge in [-0.15, -0.1) is 0 Å². The Labute approximate surface area is 329 Å². The van der Waals surface area contributed by atoms with Crippen LogP contribution in [0.1, 0.15) is 46.6 Å². The quantitative estimate of drug-likeness (QED) is 0.0874. The molecule has 0 aliphatic carbocycles. The first-order valence-corrected chi connectivity index (χ1v) is 19.6. The number of hydrogen-bond donors (Lipinski definition) is 1. The second-order valence-electron chi connectivity index (χ2n) is 13.5. The van der Waals surface area contributed by atoms with Gasteiger partial charge >= 0.3 is 5.97 Å². The highest BCUT2D eigenvalue weighted by Gasteiger charge is 2.59. The summed E-state index contributed by atoms with van der Waals surface area (Å²) in [5.41, 5.74) is 2.08. The number of imidazole rings is 1. The van der Waals surface area contributed by atoms with Gasteiger partial charge in [0.25, 0.3) is 16.0 Å². The summed E-state index contributed by atoms with van der Waals surface area (Å²) in [7, 11) is -4.17. The zero-order valence-corrected chi connectivity index (χ0v) is 32.1. The molecule has 0 radical (unpaired) electrons. The van der Waals surface area contributed by atoms with E-state index in [0.29, 0.717) is 5.56 Å². The van der Waals surface area contributed by atoms with Gasteiger partial charge in [0.2, 0.25) is 0 Å². The van der Waals surface area contributed by atoms with Gasteiger partial charge < -0.3 is 24.3 Å². The fourth-order valence-corrected chi connectivity index (χ4v) is 7.57. The van der Waals surface area contributed by atoms with E-state index in [1.807, 2.05) is 67.6 Å². The number of carbonyl (C=O) groups excluding carboxylic acids is 2. The SMILES string of the molecule is CC(=O)O[C@H]1[C@H](n2cnc3c(NC(=O)c4ccccc4)ncnc32)O[C@](CCOS(=O)(=O)c2ccc(C)cc2)(COCc2ccccc2)[C@H]1OCc1ccccc1. The maximum absolute atomic E-state index is 13.4. The van der Waals surface area contributed by atoms with Crippen LogP contribution in [0.4, 0.5) is 5.82 Å². The summed E-state index contributed by atoms with van der Waals surface area (Å²) in [5.74, 6) is -0.862. The number of carbonyl (C=O) groups is 2. The second kappa shape index (κ2) is 17.5. The molecule has 1 amide bonds. The van der Waals surface area contributed by atoms with Crippen molar-refractivity contribution in [2.75, 3.05) is 18.5 Å². The monoisotopic (exact) mass is 791 g/mol. The molecular weight excluding hydrogens is 751 g/mol. The average Bonchev–Trinajstić information content (AvgIpc) is 3.77. The average molecular weight is 792 g/mol. The number of aromatic nitrogens is 4. The summed E-state index contributed by atoms with van der Waals surface area (Å²) in [5, 5.41) is 2.80. The van der Waals surface area contributed by atoms with Gasteiger partial charge in [-0.1, -0.05) is 96.6 Å². The van der Waals surface area contributed by atoms with Crippen molar-refractivity contribution in [1.82, 2.24) is 19.5 Å². The zero-order valence-electron chi connectivity index (χ0n) is 31.3. The fraction of sp³-hybridized carbons (Fsp3) is 0.262. The van der Waals surface area contributed by atoms with E-state index in [1.54, 1.807) is 47.0 Å². The Kier molecular flexibility index (Phi) is 12.1. The van der Waals surface area contributed by atoms with Crippen molar-refractivity contribution in [1.29, 1.82) is 0 Å². The van der Waals surface area contributed by atoms with E-state index in [0.717, 1.165) is 16.7 Å². The normalized spacial score (nSPS) is 19.4. The largest absolute Gasteiger partial charge is 0.455 e. The third-order valence-electron chi connectivity index (χ3n) is 9.46. The van der Waals surface area contributed by atoms with Crippen LogP contribution in [0.15, 0.2) is 133 Å². The maximum atomic E-state index is 13.4. The highest BCUT2D eigenvalue weighted by molar-refractivity contribution is 7.86. The van der Waals surface area contributed by atoms with Crippen LogP contribution < -0.4 is 5.32 Å². The maximum Gasteiger partial charge on any atom is 0.303 e. The molecule has 57 heavy (non-hydrogen) atoms. The molecule has 15 heteroatoms. The summed E-state index contributed by atoms with van der Waals surface area (Å²) in [6, 6.07) is 33.9. The zero-order chi connectivity index (χ0) is 39.8. The van der Waals surface area contributed by atoms with Crippen LogP contribution in [0.5, 0.6) is 0 Å². The van der Waals surface area contributed by atoms with Crippen molar-refractivity contribution in [2.24, 2.45) is 0 Å². The number of esters is 1. The van der Waals surface area contributed by atoms with E-state index in [2.05, 4.69) is 20.3 Å². The van der Waals surface area contributed by atoms with Gasteiger partial charge in [-0.05, 0) is 42.3 Å². The Morgan fingerprint density at radius 2 is 1.49 bits per heavy atom. The number of aryl methyl sites for hydroxylation is 1. The lowest BCUT2D eigenvalue weighted by atomic mass is 9.92. The molecule has 0 bridgehead atoms. The number of nitrogens with zero attached hydrogens (tertiary/aromatic N) is 4. The van der Waals surface area contributed by atoms with Gasteiger partial charge in [-0.3, -0.25) is 18.3 Å². The third kappa shape index (κ3) is 9.25. The fourth-order valence-electron chi connectivity index (χ4n) is 6.66. The van der Waals surface area contributed by atoms with E-state index in [-0.39, 0.29) is 54.7 Å². The molecule has 1 N–H and O–H groups in total. The van der Waals surface area contributed by atoms with Crippen LogP contribution in [0.2, 0.25) is 0 Å². The van der Waals surface area contributed by atoms with Gasteiger partial charge in [0.15, 0.2) is 29.3 Å². The van der Waals surface area contributed by atoms with E-state index in [4.69, 9.17) is 23.1 Å². The molecule has 1 aliphatic rings. The lowest BCUT2D eigenvalue weighted by Crippen LogP contribution is -2.50. The molecule has 14 nitrogen and oxygen atoms in total. The number of hydrogen-bond acceptors (Lipinski definition) is 12. The summed E-state index contributed by atoms with van der Waals surface area (Å²) < 4.78 is 59.9. The summed E-state index contributed by atoms with van der Waals surface area (Å²) in [6.07, 6.45) is -0.631. The smallest absolute Gasteiger partial charge is 0.303 e. The first-order valence-electron chi connectivity index (χ1n) is 18.2. The van der Waals surface area contributed by atoms with Crippen molar-refractivity contribution < 1.29 is 41.1 Å². The number of rotatable bonds is 16. The van der Waals surface area contributed by atoms with Crippen molar-refractivity contribution in [2.45, 2.75) is 62.4 Å². The van der Waals surface area contributed by atoms with Gasteiger partial charge in [0.1, 0.15) is 18.0 Å². The van der Waals surface area contributed by atoms with Crippen molar-refractivity contribution >= 4 is 39.0 Å². The number of ether oxygens (including phenoxy) is 4. The van der Waals surface area contributed by atoms with Crippen LogP contribution in [0, 0.1) is 6.92 Å². The Hall–Kier alpha value is -5.84. The molecule has 4 aromatic carbocycles. The molecule has 0 unspecified atom stereocenters. The van der Waals surface area contributed by atoms with Crippen LogP contribution >= 0.6 is 0 Å². The van der Waals surface area contributed by atoms with Gasteiger partial charge in [0, 0.05) is 18.9 Å². The first-order chi connectivity index (χ1) is 27.6. The van der Waals surface area contributed by atoms with Crippen LogP contribution in [0.3, 0.4) is 0 Å². The highest BCUT2D eigenvalue weighted by atomic mass is 32.2. The van der Waals surface area contributed by atoms with Crippen molar-refractivity contribution in [3.05, 3.63) is 150 Å². The van der Waals surface area contributed by atoms with Gasteiger partial charge in [-0.25, -0.2) is 15.0 Å². The molecule has 4 atom stereocenters. The Morgan fingerprint density at radius 3 is 2.16 bits per heavy atom. The van der Waals surface area contributed by atoms with Crippen LogP contribution in [0.25, 0.3) is 11.2 Å². The molecule has 7 rings (SSSR count). The van der Waals surface area contributed by atoms with Crippen LogP contribution in [-0.2, 0) is 51.3 Å². The topological polar surface area (TPSA) is 170 Å². The third-order valence-corrected chi connectivity index (χ3v) is 10.8.